The molecule has 6 nitrogen and oxygen atoms in total. The van der Waals surface area contributed by atoms with Crippen LogP contribution in [0.15, 0.2) is 42.6 Å². The van der Waals surface area contributed by atoms with Crippen LogP contribution in [0.4, 0.5) is 15.0 Å². The summed E-state index contributed by atoms with van der Waals surface area (Å²) in [5.74, 6) is -0.178. The lowest BCUT2D eigenvalue weighted by Gasteiger charge is -2.32. The van der Waals surface area contributed by atoms with E-state index in [2.05, 4.69) is 15.6 Å². The Hall–Kier alpha value is -2.96. The fourth-order valence-electron chi connectivity index (χ4n) is 3.04. The number of nitrogens with one attached hydrogen (secondary N) is 2. The normalized spacial score (nSPS) is 16.7. The number of carbonyl (C=O) groups excluding carboxylic acids is 2. The molecule has 0 spiro atoms. The van der Waals surface area contributed by atoms with Gasteiger partial charge in [0.15, 0.2) is 0 Å². The molecule has 0 aliphatic carbocycles. The lowest BCUT2D eigenvalue weighted by molar-refractivity contribution is -0.121. The Kier molecular flexibility index (Phi) is 6.01. The van der Waals surface area contributed by atoms with Gasteiger partial charge in [0, 0.05) is 25.8 Å². The van der Waals surface area contributed by atoms with E-state index in [1.54, 1.807) is 29.3 Å². The Morgan fingerprint density at radius 1 is 1.22 bits per heavy atom. The minimum atomic E-state index is -0.307. The highest BCUT2D eigenvalue weighted by atomic mass is 19.1. The van der Waals surface area contributed by atoms with Crippen molar-refractivity contribution in [2.45, 2.75) is 26.3 Å². The van der Waals surface area contributed by atoms with Gasteiger partial charge >= 0.3 is 6.03 Å². The fraction of sp³-hybridized carbons (Fsp3) is 0.350. The van der Waals surface area contributed by atoms with Gasteiger partial charge in [-0.1, -0.05) is 18.2 Å². The predicted molar refractivity (Wildman–Crippen MR) is 101 cm³/mol. The zero-order valence-electron chi connectivity index (χ0n) is 15.2. The summed E-state index contributed by atoms with van der Waals surface area (Å²) in [5, 5.41) is 5.64. The van der Waals surface area contributed by atoms with Crippen molar-refractivity contribution in [1.29, 1.82) is 0 Å². The van der Waals surface area contributed by atoms with Gasteiger partial charge in [0.2, 0.25) is 5.91 Å². The largest absolute Gasteiger partial charge is 0.334 e. The molecule has 0 bridgehead atoms. The van der Waals surface area contributed by atoms with E-state index < -0.39 is 0 Å². The second kappa shape index (κ2) is 8.62. The number of likely N-dealkylation sites (tertiary alicyclic amines) is 1. The first-order valence-corrected chi connectivity index (χ1v) is 9.02. The number of amides is 3. The highest BCUT2D eigenvalue weighted by molar-refractivity contribution is 5.92. The third-order valence-corrected chi connectivity index (χ3v) is 4.60. The van der Waals surface area contributed by atoms with Gasteiger partial charge in [0.25, 0.3) is 0 Å². The van der Waals surface area contributed by atoms with Gasteiger partial charge in [-0.2, -0.15) is 0 Å². The Bertz CT molecular complexity index is 793. The standard InChI is InChI=1S/C20H23FN4O2/c1-14-4-9-18(22-11-14)24-19(26)16-3-2-10-25(13-16)20(27)23-12-15-5-7-17(21)8-6-15/h4-9,11,16H,2-3,10,12-13H2,1H3,(H,23,27)(H,22,24,26). The van der Waals surface area contributed by atoms with E-state index in [0.717, 1.165) is 24.0 Å². The number of benzene rings is 1. The van der Waals surface area contributed by atoms with Gasteiger partial charge in [-0.15, -0.1) is 0 Å². The summed E-state index contributed by atoms with van der Waals surface area (Å²) in [6.07, 6.45) is 3.20. The molecule has 1 fully saturated rings. The van der Waals surface area contributed by atoms with Crippen molar-refractivity contribution in [1.82, 2.24) is 15.2 Å². The van der Waals surface area contributed by atoms with Crippen LogP contribution < -0.4 is 10.6 Å². The van der Waals surface area contributed by atoms with Crippen LogP contribution in [0.25, 0.3) is 0 Å². The van der Waals surface area contributed by atoms with E-state index in [-0.39, 0.29) is 23.7 Å². The Morgan fingerprint density at radius 3 is 2.70 bits per heavy atom. The van der Waals surface area contributed by atoms with Crippen molar-refractivity contribution >= 4 is 17.8 Å². The number of hydrogen-bond donors (Lipinski definition) is 2. The maximum Gasteiger partial charge on any atom is 0.317 e. The van der Waals surface area contributed by atoms with E-state index in [4.69, 9.17) is 0 Å². The van der Waals surface area contributed by atoms with Gasteiger partial charge in [-0.25, -0.2) is 14.2 Å². The highest BCUT2D eigenvalue weighted by Crippen LogP contribution is 2.18. The van der Waals surface area contributed by atoms with E-state index in [1.165, 1.54) is 12.1 Å². The molecule has 2 aromatic rings. The van der Waals surface area contributed by atoms with Crippen LogP contribution in [-0.4, -0.2) is 34.9 Å². The molecule has 1 aliphatic rings. The van der Waals surface area contributed by atoms with Crippen molar-refractivity contribution in [2.75, 3.05) is 18.4 Å². The third-order valence-electron chi connectivity index (χ3n) is 4.60. The summed E-state index contributed by atoms with van der Waals surface area (Å²) in [6.45, 7) is 3.23. The van der Waals surface area contributed by atoms with Crippen molar-refractivity contribution < 1.29 is 14.0 Å². The number of hydrogen-bond acceptors (Lipinski definition) is 3. The van der Waals surface area contributed by atoms with Crippen molar-refractivity contribution in [2.24, 2.45) is 5.92 Å². The molecule has 142 valence electrons. The SMILES string of the molecule is Cc1ccc(NC(=O)C2CCCN(C(=O)NCc3ccc(F)cc3)C2)nc1. The molecule has 2 heterocycles. The number of carbonyl (C=O) groups is 2. The molecule has 3 rings (SSSR count). The van der Waals surface area contributed by atoms with Gasteiger partial charge in [-0.05, 0) is 49.1 Å². The van der Waals surface area contributed by atoms with Crippen molar-refractivity contribution in [3.8, 4) is 0 Å². The Labute approximate surface area is 157 Å². The average Bonchev–Trinajstić information content (AvgIpc) is 2.69. The molecule has 1 aromatic carbocycles. The number of nitrogens with zero attached hydrogens (tertiary/aromatic N) is 2. The summed E-state index contributed by atoms with van der Waals surface area (Å²) in [6, 6.07) is 9.43. The number of anilines is 1. The topological polar surface area (TPSA) is 74.3 Å². The molecule has 1 aliphatic heterocycles. The van der Waals surface area contributed by atoms with Gasteiger partial charge in [0.05, 0.1) is 5.92 Å². The molecular formula is C20H23FN4O2. The second-order valence-corrected chi connectivity index (χ2v) is 6.78. The summed E-state index contributed by atoms with van der Waals surface area (Å²) in [7, 11) is 0. The third kappa shape index (κ3) is 5.26. The molecular weight excluding hydrogens is 347 g/mol. The summed E-state index contributed by atoms with van der Waals surface area (Å²) in [4.78, 5) is 30.7. The maximum absolute atomic E-state index is 12.9. The molecule has 1 atom stereocenters. The Morgan fingerprint density at radius 2 is 2.00 bits per heavy atom. The quantitative estimate of drug-likeness (QED) is 0.869. The number of aryl methyl sites for hydroxylation is 1. The Balaban J connectivity index is 1.51. The van der Waals surface area contributed by atoms with Crippen LogP contribution in [0.5, 0.6) is 0 Å². The van der Waals surface area contributed by atoms with Crippen LogP contribution in [0.2, 0.25) is 0 Å². The zero-order chi connectivity index (χ0) is 19.2. The highest BCUT2D eigenvalue weighted by Gasteiger charge is 2.28. The minimum Gasteiger partial charge on any atom is -0.334 e. The average molecular weight is 370 g/mol. The number of halogens is 1. The van der Waals surface area contributed by atoms with Gasteiger partial charge in [-0.3, -0.25) is 4.79 Å². The second-order valence-electron chi connectivity index (χ2n) is 6.78. The number of pyridine rings is 1. The van der Waals surface area contributed by atoms with Crippen molar-refractivity contribution in [3.05, 3.63) is 59.5 Å². The number of piperidine rings is 1. The van der Waals surface area contributed by atoms with Gasteiger partial charge < -0.3 is 15.5 Å². The lowest BCUT2D eigenvalue weighted by Crippen LogP contribution is -2.47. The number of urea groups is 1. The fourth-order valence-corrected chi connectivity index (χ4v) is 3.04. The first-order chi connectivity index (χ1) is 13.0. The molecule has 0 saturated carbocycles. The summed E-state index contributed by atoms with van der Waals surface area (Å²) in [5.41, 5.74) is 1.84. The molecule has 3 amide bonds. The first kappa shape index (κ1) is 18.8. The van der Waals surface area contributed by atoms with Crippen LogP contribution in [0, 0.1) is 18.7 Å². The van der Waals surface area contributed by atoms with Gasteiger partial charge in [0.1, 0.15) is 11.6 Å². The molecule has 7 heteroatoms. The summed E-state index contributed by atoms with van der Waals surface area (Å²) < 4.78 is 12.9. The molecule has 27 heavy (non-hydrogen) atoms. The van der Waals surface area contributed by atoms with E-state index >= 15 is 0 Å². The molecule has 1 unspecified atom stereocenters. The monoisotopic (exact) mass is 370 g/mol. The number of aromatic nitrogens is 1. The number of rotatable bonds is 4. The first-order valence-electron chi connectivity index (χ1n) is 9.02. The predicted octanol–water partition coefficient (Wildman–Crippen LogP) is 3.09. The molecule has 1 saturated heterocycles. The van der Waals surface area contributed by atoms with Crippen LogP contribution in [0.3, 0.4) is 0 Å². The summed E-state index contributed by atoms with van der Waals surface area (Å²) >= 11 is 0. The molecule has 2 N–H and O–H groups in total. The van der Waals surface area contributed by atoms with E-state index in [9.17, 15) is 14.0 Å². The van der Waals surface area contributed by atoms with E-state index in [1.807, 2.05) is 13.0 Å². The minimum absolute atomic E-state index is 0.123. The molecule has 1 aromatic heterocycles. The zero-order valence-corrected chi connectivity index (χ0v) is 15.2. The smallest absolute Gasteiger partial charge is 0.317 e. The lowest BCUT2D eigenvalue weighted by atomic mass is 9.97. The van der Waals surface area contributed by atoms with Crippen LogP contribution in [-0.2, 0) is 11.3 Å². The van der Waals surface area contributed by atoms with Crippen LogP contribution >= 0.6 is 0 Å². The molecule has 0 radical (unpaired) electrons. The van der Waals surface area contributed by atoms with Crippen LogP contribution in [0.1, 0.15) is 24.0 Å². The van der Waals surface area contributed by atoms with E-state index in [0.29, 0.717) is 25.5 Å². The maximum atomic E-state index is 12.9. The van der Waals surface area contributed by atoms with Crippen molar-refractivity contribution in [3.63, 3.8) is 0 Å².